The van der Waals surface area contributed by atoms with Crippen molar-refractivity contribution in [1.29, 1.82) is 0 Å². The largest absolute Gasteiger partial charge is 0.496 e. The predicted octanol–water partition coefficient (Wildman–Crippen LogP) is 2.44. The summed E-state index contributed by atoms with van der Waals surface area (Å²) in [4.78, 5) is 15.9. The molecule has 5 nitrogen and oxygen atoms in total. The van der Waals surface area contributed by atoms with Crippen LogP contribution in [0.15, 0.2) is 28.8 Å². The van der Waals surface area contributed by atoms with Gasteiger partial charge in [-0.15, -0.1) is 0 Å². The number of carbonyl (C=O) groups excluding carboxylic acids is 1. The smallest absolute Gasteiger partial charge is 0.234 e. The minimum absolute atomic E-state index is 0.0282. The molecule has 2 aromatic rings. The third-order valence-corrected chi connectivity index (χ3v) is 3.02. The quantitative estimate of drug-likeness (QED) is 0.809. The van der Waals surface area contributed by atoms with Crippen molar-refractivity contribution in [2.75, 3.05) is 7.11 Å². The van der Waals surface area contributed by atoms with Gasteiger partial charge in [-0.05, 0) is 6.07 Å². The number of nitrogens with zero attached hydrogens (tertiary/aromatic N) is 2. The SMILES string of the molecule is COc1ccccc1Cc1noc(CC(=O)C(C)C)n1. The van der Waals surface area contributed by atoms with E-state index >= 15 is 0 Å². The van der Waals surface area contributed by atoms with E-state index in [1.807, 2.05) is 38.1 Å². The van der Waals surface area contributed by atoms with E-state index in [0.717, 1.165) is 11.3 Å². The minimum atomic E-state index is -0.0282. The van der Waals surface area contributed by atoms with Crippen molar-refractivity contribution in [3.63, 3.8) is 0 Å². The third kappa shape index (κ3) is 3.44. The highest BCUT2D eigenvalue weighted by molar-refractivity contribution is 5.81. The van der Waals surface area contributed by atoms with Crippen LogP contribution in [-0.2, 0) is 17.6 Å². The van der Waals surface area contributed by atoms with E-state index in [2.05, 4.69) is 10.1 Å². The Morgan fingerprint density at radius 2 is 2.10 bits per heavy atom. The molecule has 0 amide bonds. The molecule has 20 heavy (non-hydrogen) atoms. The number of Topliss-reactive ketones (excluding diaryl/α,β-unsaturated/α-hetero) is 1. The number of carbonyl (C=O) groups is 1. The molecule has 1 aromatic heterocycles. The van der Waals surface area contributed by atoms with Gasteiger partial charge in [-0.1, -0.05) is 37.2 Å². The van der Waals surface area contributed by atoms with Crippen molar-refractivity contribution >= 4 is 5.78 Å². The Labute approximate surface area is 118 Å². The third-order valence-electron chi connectivity index (χ3n) is 3.02. The van der Waals surface area contributed by atoms with Gasteiger partial charge < -0.3 is 9.26 Å². The Bertz CT molecular complexity index is 590. The molecule has 0 unspecified atom stereocenters. The number of para-hydroxylation sites is 1. The molecular weight excluding hydrogens is 256 g/mol. The van der Waals surface area contributed by atoms with Gasteiger partial charge in [0.05, 0.1) is 13.5 Å². The fourth-order valence-electron chi connectivity index (χ4n) is 1.81. The molecule has 0 aliphatic carbocycles. The highest BCUT2D eigenvalue weighted by atomic mass is 16.5. The number of methoxy groups -OCH3 is 1. The van der Waals surface area contributed by atoms with Crippen LogP contribution in [0.4, 0.5) is 0 Å². The van der Waals surface area contributed by atoms with Crippen LogP contribution in [-0.4, -0.2) is 23.0 Å². The zero-order chi connectivity index (χ0) is 14.5. The van der Waals surface area contributed by atoms with Gasteiger partial charge in [0.2, 0.25) is 5.89 Å². The van der Waals surface area contributed by atoms with E-state index in [9.17, 15) is 4.79 Å². The lowest BCUT2D eigenvalue weighted by molar-refractivity contribution is -0.121. The predicted molar refractivity (Wildman–Crippen MR) is 73.6 cm³/mol. The summed E-state index contributed by atoms with van der Waals surface area (Å²) in [6, 6.07) is 7.68. The first-order valence-corrected chi connectivity index (χ1v) is 6.56. The fourth-order valence-corrected chi connectivity index (χ4v) is 1.81. The van der Waals surface area contributed by atoms with Crippen LogP contribution < -0.4 is 4.74 Å². The fraction of sp³-hybridized carbons (Fsp3) is 0.400. The first kappa shape index (κ1) is 14.2. The van der Waals surface area contributed by atoms with Crippen LogP contribution in [0.3, 0.4) is 0 Å². The summed E-state index contributed by atoms with van der Waals surface area (Å²) in [5, 5.41) is 3.91. The molecule has 0 aliphatic rings. The molecule has 0 N–H and O–H groups in total. The van der Waals surface area contributed by atoms with Crippen molar-refractivity contribution in [1.82, 2.24) is 10.1 Å². The molecule has 106 valence electrons. The van der Waals surface area contributed by atoms with E-state index in [-0.39, 0.29) is 18.1 Å². The maximum absolute atomic E-state index is 11.6. The van der Waals surface area contributed by atoms with Gasteiger partial charge in [0, 0.05) is 17.9 Å². The van der Waals surface area contributed by atoms with Gasteiger partial charge in [-0.25, -0.2) is 0 Å². The van der Waals surface area contributed by atoms with Crippen molar-refractivity contribution < 1.29 is 14.1 Å². The highest BCUT2D eigenvalue weighted by Crippen LogP contribution is 2.19. The second-order valence-electron chi connectivity index (χ2n) is 4.89. The minimum Gasteiger partial charge on any atom is -0.496 e. The van der Waals surface area contributed by atoms with Gasteiger partial charge >= 0.3 is 0 Å². The monoisotopic (exact) mass is 274 g/mol. The molecule has 0 atom stereocenters. The second kappa shape index (κ2) is 6.32. The van der Waals surface area contributed by atoms with E-state index in [1.165, 1.54) is 0 Å². The van der Waals surface area contributed by atoms with Crippen molar-refractivity contribution in [3.8, 4) is 5.75 Å². The van der Waals surface area contributed by atoms with Gasteiger partial charge in [0.1, 0.15) is 11.5 Å². The second-order valence-corrected chi connectivity index (χ2v) is 4.89. The highest BCUT2D eigenvalue weighted by Gasteiger charge is 2.15. The first-order valence-electron chi connectivity index (χ1n) is 6.56. The maximum Gasteiger partial charge on any atom is 0.234 e. The Morgan fingerprint density at radius 1 is 1.35 bits per heavy atom. The van der Waals surface area contributed by atoms with Crippen LogP contribution in [0.5, 0.6) is 5.75 Å². The Morgan fingerprint density at radius 3 is 2.80 bits per heavy atom. The summed E-state index contributed by atoms with van der Waals surface area (Å²) in [5.74, 6) is 1.78. The topological polar surface area (TPSA) is 65.2 Å². The molecule has 0 fully saturated rings. The number of benzene rings is 1. The van der Waals surface area contributed by atoms with Crippen LogP contribution in [0.2, 0.25) is 0 Å². The van der Waals surface area contributed by atoms with Gasteiger partial charge in [0.25, 0.3) is 0 Å². The van der Waals surface area contributed by atoms with Crippen LogP contribution in [0.1, 0.15) is 31.1 Å². The molecule has 0 aliphatic heterocycles. The molecule has 1 heterocycles. The first-order chi connectivity index (χ1) is 9.60. The summed E-state index contributed by atoms with van der Waals surface area (Å²) >= 11 is 0. The lowest BCUT2D eigenvalue weighted by Gasteiger charge is -2.05. The van der Waals surface area contributed by atoms with E-state index in [1.54, 1.807) is 7.11 Å². The Kier molecular flexibility index (Phi) is 4.50. The summed E-state index contributed by atoms with van der Waals surface area (Å²) in [6.45, 7) is 3.71. The standard InChI is InChI=1S/C15H18N2O3/c1-10(2)12(18)9-15-16-14(17-20-15)8-11-6-4-5-7-13(11)19-3/h4-7,10H,8-9H2,1-3H3. The van der Waals surface area contributed by atoms with Gasteiger partial charge in [-0.3, -0.25) is 4.79 Å². The normalized spacial score (nSPS) is 10.8. The summed E-state index contributed by atoms with van der Waals surface area (Å²) in [7, 11) is 1.63. The Balaban J connectivity index is 2.08. The number of ketones is 1. The number of rotatable bonds is 6. The number of ether oxygens (including phenoxy) is 1. The number of hydrogen-bond acceptors (Lipinski definition) is 5. The van der Waals surface area contributed by atoms with Crippen LogP contribution in [0.25, 0.3) is 0 Å². The average molecular weight is 274 g/mol. The molecule has 0 saturated carbocycles. The zero-order valence-corrected chi connectivity index (χ0v) is 11.9. The Hall–Kier alpha value is -2.17. The van der Waals surface area contributed by atoms with Crippen molar-refractivity contribution in [2.24, 2.45) is 5.92 Å². The summed E-state index contributed by atoms with van der Waals surface area (Å²) in [5.41, 5.74) is 0.984. The van der Waals surface area contributed by atoms with E-state index < -0.39 is 0 Å². The van der Waals surface area contributed by atoms with Gasteiger partial charge in [0.15, 0.2) is 5.82 Å². The molecule has 2 rings (SSSR count). The van der Waals surface area contributed by atoms with E-state index in [0.29, 0.717) is 18.1 Å². The molecule has 0 bridgehead atoms. The average Bonchev–Trinajstić information content (AvgIpc) is 2.86. The number of hydrogen-bond donors (Lipinski definition) is 0. The van der Waals surface area contributed by atoms with Crippen LogP contribution in [0, 0.1) is 5.92 Å². The lowest BCUT2D eigenvalue weighted by atomic mass is 10.1. The molecule has 0 radical (unpaired) electrons. The molecule has 1 aromatic carbocycles. The lowest BCUT2D eigenvalue weighted by Crippen LogP contribution is -2.10. The zero-order valence-electron chi connectivity index (χ0n) is 11.9. The molecule has 5 heteroatoms. The molecule has 0 spiro atoms. The maximum atomic E-state index is 11.6. The van der Waals surface area contributed by atoms with E-state index in [4.69, 9.17) is 9.26 Å². The van der Waals surface area contributed by atoms with Crippen molar-refractivity contribution in [2.45, 2.75) is 26.7 Å². The summed E-state index contributed by atoms with van der Waals surface area (Å²) in [6.07, 6.45) is 0.708. The van der Waals surface area contributed by atoms with Gasteiger partial charge in [-0.2, -0.15) is 4.98 Å². The molecule has 0 saturated heterocycles. The summed E-state index contributed by atoms with van der Waals surface area (Å²) < 4.78 is 10.4. The number of aromatic nitrogens is 2. The van der Waals surface area contributed by atoms with Crippen molar-refractivity contribution in [3.05, 3.63) is 41.5 Å². The van der Waals surface area contributed by atoms with Crippen LogP contribution >= 0.6 is 0 Å². The molecular formula is C15H18N2O3.